The number of pyridine rings is 1. The third-order valence-electron chi connectivity index (χ3n) is 2.68. The summed E-state index contributed by atoms with van der Waals surface area (Å²) in [6, 6.07) is 8.91. The van der Waals surface area contributed by atoms with Crippen LogP contribution < -0.4 is 5.32 Å². The molecule has 88 valence electrons. The Morgan fingerprint density at radius 2 is 1.88 bits per heavy atom. The zero-order valence-electron chi connectivity index (χ0n) is 9.78. The van der Waals surface area contributed by atoms with Gasteiger partial charge in [-0.2, -0.15) is 0 Å². The smallest absolute Gasteiger partial charge is 0.123 e. The fourth-order valence-electron chi connectivity index (χ4n) is 1.84. The second-order valence-corrected chi connectivity index (χ2v) is 3.98. The number of hydrogen-bond acceptors (Lipinski definition) is 2. The summed E-state index contributed by atoms with van der Waals surface area (Å²) in [5, 5.41) is 3.06. The zero-order chi connectivity index (χ0) is 12.1. The molecular formula is C14H15FN2. The van der Waals surface area contributed by atoms with E-state index in [0.29, 0.717) is 6.54 Å². The summed E-state index contributed by atoms with van der Waals surface area (Å²) in [4.78, 5) is 3.99. The maximum atomic E-state index is 13.2. The van der Waals surface area contributed by atoms with Crippen molar-refractivity contribution < 1.29 is 4.39 Å². The van der Waals surface area contributed by atoms with E-state index in [2.05, 4.69) is 10.3 Å². The molecule has 1 aromatic heterocycles. The molecule has 0 spiro atoms. The van der Waals surface area contributed by atoms with Crippen LogP contribution in [-0.4, -0.2) is 12.0 Å². The monoisotopic (exact) mass is 230 g/mol. The highest BCUT2D eigenvalue weighted by Crippen LogP contribution is 2.15. The average Bonchev–Trinajstić information content (AvgIpc) is 2.34. The predicted molar refractivity (Wildman–Crippen MR) is 66.2 cm³/mol. The van der Waals surface area contributed by atoms with Crippen LogP contribution in [0.15, 0.2) is 42.7 Å². The maximum Gasteiger partial charge on any atom is 0.123 e. The molecule has 1 N–H and O–H groups in total. The number of nitrogens with zero attached hydrogens (tertiary/aromatic N) is 1. The standard InChI is InChI=1S/C14H15FN2/c1-16-10-13-9-14(15)3-2-12(13)8-11-4-6-17-7-5-11/h2-7,9,16H,8,10H2,1H3. The molecule has 0 fully saturated rings. The van der Waals surface area contributed by atoms with Crippen LogP contribution in [0, 0.1) is 5.82 Å². The first kappa shape index (κ1) is 11.7. The normalized spacial score (nSPS) is 10.5. The van der Waals surface area contributed by atoms with Gasteiger partial charge in [-0.25, -0.2) is 4.39 Å². The summed E-state index contributed by atoms with van der Waals surface area (Å²) in [7, 11) is 1.86. The minimum atomic E-state index is -0.186. The Morgan fingerprint density at radius 1 is 1.12 bits per heavy atom. The minimum absolute atomic E-state index is 0.186. The Labute approximate surface area is 101 Å². The van der Waals surface area contributed by atoms with Crippen LogP contribution in [0.2, 0.25) is 0 Å². The van der Waals surface area contributed by atoms with Gasteiger partial charge in [0.25, 0.3) is 0 Å². The third-order valence-corrected chi connectivity index (χ3v) is 2.68. The molecule has 0 aliphatic heterocycles. The van der Waals surface area contributed by atoms with Gasteiger partial charge in [-0.3, -0.25) is 4.98 Å². The SMILES string of the molecule is CNCc1cc(F)ccc1Cc1ccncc1. The molecule has 0 unspecified atom stereocenters. The Balaban J connectivity index is 2.26. The first-order valence-electron chi connectivity index (χ1n) is 5.60. The summed E-state index contributed by atoms with van der Waals surface area (Å²) in [6.45, 7) is 0.679. The Morgan fingerprint density at radius 3 is 2.59 bits per heavy atom. The van der Waals surface area contributed by atoms with Crippen LogP contribution >= 0.6 is 0 Å². The van der Waals surface area contributed by atoms with E-state index in [1.807, 2.05) is 25.2 Å². The maximum absolute atomic E-state index is 13.2. The van der Waals surface area contributed by atoms with Gasteiger partial charge < -0.3 is 5.32 Å². The van der Waals surface area contributed by atoms with Crippen molar-refractivity contribution in [2.75, 3.05) is 7.05 Å². The van der Waals surface area contributed by atoms with Crippen LogP contribution in [-0.2, 0) is 13.0 Å². The molecule has 2 nitrogen and oxygen atoms in total. The highest BCUT2D eigenvalue weighted by Gasteiger charge is 2.04. The number of benzene rings is 1. The van der Waals surface area contributed by atoms with Crippen molar-refractivity contribution >= 4 is 0 Å². The molecule has 0 aliphatic rings. The number of nitrogens with one attached hydrogen (secondary N) is 1. The molecular weight excluding hydrogens is 215 g/mol. The largest absolute Gasteiger partial charge is 0.316 e. The van der Waals surface area contributed by atoms with Gasteiger partial charge in [-0.15, -0.1) is 0 Å². The topological polar surface area (TPSA) is 24.9 Å². The van der Waals surface area contributed by atoms with Gasteiger partial charge in [-0.1, -0.05) is 6.07 Å². The van der Waals surface area contributed by atoms with Crippen molar-refractivity contribution in [3.05, 3.63) is 65.2 Å². The summed E-state index contributed by atoms with van der Waals surface area (Å²) >= 11 is 0. The molecule has 17 heavy (non-hydrogen) atoms. The Bertz CT molecular complexity index is 483. The molecule has 2 aromatic rings. The van der Waals surface area contributed by atoms with Gasteiger partial charge >= 0.3 is 0 Å². The lowest BCUT2D eigenvalue weighted by Gasteiger charge is -2.09. The quantitative estimate of drug-likeness (QED) is 0.873. The van der Waals surface area contributed by atoms with E-state index in [0.717, 1.165) is 17.5 Å². The van der Waals surface area contributed by atoms with Gasteiger partial charge in [0.15, 0.2) is 0 Å². The van der Waals surface area contributed by atoms with Crippen LogP contribution in [0.25, 0.3) is 0 Å². The zero-order valence-corrected chi connectivity index (χ0v) is 9.78. The lowest BCUT2D eigenvalue weighted by molar-refractivity contribution is 0.622. The van der Waals surface area contributed by atoms with Crippen molar-refractivity contribution in [2.24, 2.45) is 0 Å². The molecule has 1 heterocycles. The van der Waals surface area contributed by atoms with E-state index in [9.17, 15) is 4.39 Å². The highest BCUT2D eigenvalue weighted by molar-refractivity contribution is 5.32. The fraction of sp³-hybridized carbons (Fsp3) is 0.214. The number of hydrogen-bond donors (Lipinski definition) is 1. The highest BCUT2D eigenvalue weighted by atomic mass is 19.1. The van der Waals surface area contributed by atoms with E-state index in [4.69, 9.17) is 0 Å². The third kappa shape index (κ3) is 3.11. The number of halogens is 1. The summed E-state index contributed by atoms with van der Waals surface area (Å²) < 4.78 is 13.2. The lowest BCUT2D eigenvalue weighted by Crippen LogP contribution is -2.08. The average molecular weight is 230 g/mol. The van der Waals surface area contributed by atoms with E-state index in [1.165, 1.54) is 11.6 Å². The minimum Gasteiger partial charge on any atom is -0.316 e. The van der Waals surface area contributed by atoms with Gasteiger partial charge in [0.05, 0.1) is 0 Å². The van der Waals surface area contributed by atoms with E-state index in [1.54, 1.807) is 18.5 Å². The van der Waals surface area contributed by atoms with Crippen molar-refractivity contribution in [3.8, 4) is 0 Å². The molecule has 3 heteroatoms. The fourth-order valence-corrected chi connectivity index (χ4v) is 1.84. The molecule has 0 radical (unpaired) electrons. The van der Waals surface area contributed by atoms with Crippen LogP contribution in [0.5, 0.6) is 0 Å². The Hall–Kier alpha value is -1.74. The molecule has 1 aromatic carbocycles. The van der Waals surface area contributed by atoms with Gasteiger partial charge in [0.2, 0.25) is 0 Å². The molecule has 0 atom stereocenters. The van der Waals surface area contributed by atoms with Crippen molar-refractivity contribution in [1.29, 1.82) is 0 Å². The summed E-state index contributed by atoms with van der Waals surface area (Å²) in [5.74, 6) is -0.186. The van der Waals surface area contributed by atoms with Crippen molar-refractivity contribution in [3.63, 3.8) is 0 Å². The van der Waals surface area contributed by atoms with E-state index < -0.39 is 0 Å². The lowest BCUT2D eigenvalue weighted by atomic mass is 10.0. The first-order chi connectivity index (χ1) is 8.29. The van der Waals surface area contributed by atoms with E-state index in [-0.39, 0.29) is 5.82 Å². The number of aromatic nitrogens is 1. The summed E-state index contributed by atoms with van der Waals surface area (Å²) in [5.41, 5.74) is 3.33. The van der Waals surface area contributed by atoms with Crippen LogP contribution in [0.3, 0.4) is 0 Å². The molecule has 0 aliphatic carbocycles. The summed E-state index contributed by atoms with van der Waals surface area (Å²) in [6.07, 6.45) is 4.35. The predicted octanol–water partition coefficient (Wildman–Crippen LogP) is 2.53. The number of rotatable bonds is 4. The van der Waals surface area contributed by atoms with Crippen molar-refractivity contribution in [1.82, 2.24) is 10.3 Å². The second-order valence-electron chi connectivity index (χ2n) is 3.98. The first-order valence-corrected chi connectivity index (χ1v) is 5.60. The van der Waals surface area contributed by atoms with Crippen LogP contribution in [0.4, 0.5) is 4.39 Å². The Kier molecular flexibility index (Phi) is 3.83. The van der Waals surface area contributed by atoms with E-state index >= 15 is 0 Å². The molecule has 0 saturated carbocycles. The van der Waals surface area contributed by atoms with Crippen LogP contribution in [0.1, 0.15) is 16.7 Å². The molecule has 0 amide bonds. The van der Waals surface area contributed by atoms with Crippen molar-refractivity contribution in [2.45, 2.75) is 13.0 Å². The van der Waals surface area contributed by atoms with Gasteiger partial charge in [-0.05, 0) is 54.4 Å². The second kappa shape index (κ2) is 5.55. The molecule has 2 rings (SSSR count). The molecule has 0 saturated heterocycles. The molecule has 0 bridgehead atoms. The van der Waals surface area contributed by atoms with Gasteiger partial charge in [0.1, 0.15) is 5.82 Å². The van der Waals surface area contributed by atoms with Gasteiger partial charge in [0, 0.05) is 18.9 Å².